The molecule has 1 saturated heterocycles. The number of likely N-dealkylation sites (tertiary alicyclic amines) is 1. The molecule has 1 aromatic carbocycles. The first-order valence-corrected chi connectivity index (χ1v) is 9.93. The van der Waals surface area contributed by atoms with Gasteiger partial charge in [-0.3, -0.25) is 4.79 Å². The molecule has 1 atom stereocenters. The number of rotatable bonds is 4. The maximum atomic E-state index is 12.5. The Morgan fingerprint density at radius 3 is 3.07 bits per heavy atom. The molecule has 3 aromatic rings. The Morgan fingerprint density at radius 1 is 1.25 bits per heavy atom. The van der Waals surface area contributed by atoms with Gasteiger partial charge in [0, 0.05) is 30.5 Å². The van der Waals surface area contributed by atoms with Crippen molar-refractivity contribution in [1.82, 2.24) is 15.0 Å². The lowest BCUT2D eigenvalue weighted by Gasteiger charge is -2.13. The van der Waals surface area contributed by atoms with Crippen LogP contribution in [0.3, 0.4) is 0 Å². The molecule has 2 aliphatic heterocycles. The number of carbonyl (C=O) groups excluding carboxylic acids is 1. The molecule has 8 heteroatoms. The van der Waals surface area contributed by atoms with Gasteiger partial charge in [-0.1, -0.05) is 11.2 Å². The van der Waals surface area contributed by atoms with E-state index in [0.29, 0.717) is 30.6 Å². The highest BCUT2D eigenvalue weighted by Gasteiger charge is 2.30. The van der Waals surface area contributed by atoms with Crippen LogP contribution in [-0.4, -0.2) is 40.8 Å². The fraction of sp³-hybridized carbons (Fsp3) is 0.250. The second-order valence-corrected chi connectivity index (χ2v) is 7.47. The van der Waals surface area contributed by atoms with Gasteiger partial charge in [0.25, 0.3) is 5.89 Å². The average Bonchev–Trinajstić information content (AvgIpc) is 3.50. The van der Waals surface area contributed by atoms with Gasteiger partial charge in [0.15, 0.2) is 17.3 Å². The summed E-state index contributed by atoms with van der Waals surface area (Å²) in [6.45, 7) is 1.50. The Hall–Kier alpha value is -3.13. The van der Waals surface area contributed by atoms with Crippen molar-refractivity contribution in [2.24, 2.45) is 0 Å². The standard InChI is InChI=1S/C20H17N3O4S/c24-18(4-2-13-1-3-16-17(9-13)26-12-25-16)23-7-5-14(10-23)19-21-20(27-22-19)15-6-8-28-11-15/h1-4,6,8-9,11,14H,5,7,10,12H2/b4-2-. The number of ether oxygens (including phenoxy) is 2. The molecule has 0 radical (unpaired) electrons. The van der Waals surface area contributed by atoms with Crippen LogP contribution in [0.15, 0.2) is 45.6 Å². The number of hydrogen-bond donors (Lipinski definition) is 0. The summed E-state index contributed by atoms with van der Waals surface area (Å²) in [6.07, 6.45) is 4.21. The van der Waals surface area contributed by atoms with Crippen molar-refractivity contribution in [2.75, 3.05) is 19.9 Å². The molecule has 0 saturated carbocycles. The van der Waals surface area contributed by atoms with Gasteiger partial charge in [-0.25, -0.2) is 0 Å². The molecule has 1 amide bonds. The van der Waals surface area contributed by atoms with Crippen molar-refractivity contribution >= 4 is 23.3 Å². The van der Waals surface area contributed by atoms with Crippen LogP contribution in [0.5, 0.6) is 11.5 Å². The van der Waals surface area contributed by atoms with Gasteiger partial charge in [-0.15, -0.1) is 0 Å². The third-order valence-electron chi connectivity index (χ3n) is 4.89. The Balaban J connectivity index is 1.23. The Labute approximate surface area is 165 Å². The molecule has 0 N–H and O–H groups in total. The van der Waals surface area contributed by atoms with E-state index in [2.05, 4.69) is 10.1 Å². The first kappa shape index (κ1) is 17.0. The van der Waals surface area contributed by atoms with E-state index in [9.17, 15) is 4.79 Å². The normalized spacial score (nSPS) is 18.3. The summed E-state index contributed by atoms with van der Waals surface area (Å²) in [5.74, 6) is 2.70. The maximum Gasteiger partial charge on any atom is 0.258 e. The van der Waals surface area contributed by atoms with Crippen LogP contribution in [-0.2, 0) is 4.79 Å². The Bertz CT molecular complexity index is 1030. The molecule has 1 fully saturated rings. The minimum absolute atomic E-state index is 0.0262. The van der Waals surface area contributed by atoms with Gasteiger partial charge in [0.2, 0.25) is 12.7 Å². The molecule has 7 nitrogen and oxygen atoms in total. The van der Waals surface area contributed by atoms with E-state index in [4.69, 9.17) is 14.0 Å². The summed E-state index contributed by atoms with van der Waals surface area (Å²) >= 11 is 1.59. The van der Waals surface area contributed by atoms with Gasteiger partial charge in [-0.05, 0) is 41.6 Å². The SMILES string of the molecule is O=C(/C=C\c1ccc2c(c1)OCO2)N1CCC(c2noc(-c3ccsc3)n2)C1. The van der Waals surface area contributed by atoms with Crippen molar-refractivity contribution in [3.8, 4) is 23.0 Å². The van der Waals surface area contributed by atoms with Gasteiger partial charge in [-0.2, -0.15) is 16.3 Å². The fourth-order valence-corrected chi connectivity index (χ4v) is 3.99. The molecule has 4 heterocycles. The van der Waals surface area contributed by atoms with E-state index in [1.807, 2.05) is 39.9 Å². The van der Waals surface area contributed by atoms with Gasteiger partial charge in [0.05, 0.1) is 5.56 Å². The molecule has 5 rings (SSSR count). The van der Waals surface area contributed by atoms with Crippen molar-refractivity contribution in [2.45, 2.75) is 12.3 Å². The molecule has 0 bridgehead atoms. The van der Waals surface area contributed by atoms with Gasteiger partial charge in [0.1, 0.15) is 0 Å². The van der Waals surface area contributed by atoms with Crippen LogP contribution in [0.25, 0.3) is 17.5 Å². The van der Waals surface area contributed by atoms with Crippen LogP contribution >= 0.6 is 11.3 Å². The quantitative estimate of drug-likeness (QED) is 0.629. The van der Waals surface area contributed by atoms with Gasteiger partial charge >= 0.3 is 0 Å². The lowest BCUT2D eigenvalue weighted by molar-refractivity contribution is -0.124. The van der Waals surface area contributed by atoms with Crippen molar-refractivity contribution < 1.29 is 18.8 Å². The Kier molecular flexibility index (Phi) is 4.32. The van der Waals surface area contributed by atoms with E-state index in [1.54, 1.807) is 23.5 Å². The largest absolute Gasteiger partial charge is 0.454 e. The smallest absolute Gasteiger partial charge is 0.258 e. The topological polar surface area (TPSA) is 77.7 Å². The van der Waals surface area contributed by atoms with E-state index in [1.165, 1.54) is 0 Å². The molecule has 0 spiro atoms. The average molecular weight is 395 g/mol. The Morgan fingerprint density at radius 2 is 2.18 bits per heavy atom. The molecular weight excluding hydrogens is 378 g/mol. The van der Waals surface area contributed by atoms with Crippen molar-refractivity contribution in [3.63, 3.8) is 0 Å². The van der Waals surface area contributed by atoms with Crippen LogP contribution in [0.2, 0.25) is 0 Å². The first-order chi connectivity index (χ1) is 13.8. The minimum Gasteiger partial charge on any atom is -0.454 e. The van der Waals surface area contributed by atoms with Crippen LogP contribution in [0, 0.1) is 0 Å². The number of nitrogens with zero attached hydrogens (tertiary/aromatic N) is 3. The first-order valence-electron chi connectivity index (χ1n) is 8.99. The molecule has 0 aliphatic carbocycles. The highest BCUT2D eigenvalue weighted by Crippen LogP contribution is 2.33. The second-order valence-electron chi connectivity index (χ2n) is 6.69. The molecule has 2 aromatic heterocycles. The number of carbonyl (C=O) groups is 1. The lowest BCUT2D eigenvalue weighted by Crippen LogP contribution is -2.26. The number of aromatic nitrogens is 2. The summed E-state index contributed by atoms with van der Waals surface area (Å²) in [5, 5.41) is 8.06. The number of hydrogen-bond acceptors (Lipinski definition) is 7. The maximum absolute atomic E-state index is 12.5. The van der Waals surface area contributed by atoms with Gasteiger partial charge < -0.3 is 18.9 Å². The zero-order chi connectivity index (χ0) is 18.9. The molecule has 2 aliphatic rings. The number of amides is 1. The lowest BCUT2D eigenvalue weighted by atomic mass is 10.1. The van der Waals surface area contributed by atoms with Crippen LogP contribution in [0.4, 0.5) is 0 Å². The third-order valence-corrected chi connectivity index (χ3v) is 5.57. The minimum atomic E-state index is -0.0262. The van der Waals surface area contributed by atoms with Crippen LogP contribution in [0.1, 0.15) is 23.7 Å². The number of thiophene rings is 1. The third kappa shape index (κ3) is 3.27. The highest BCUT2D eigenvalue weighted by molar-refractivity contribution is 7.08. The second kappa shape index (κ2) is 7.12. The zero-order valence-electron chi connectivity index (χ0n) is 14.9. The molecule has 28 heavy (non-hydrogen) atoms. The molecule has 1 unspecified atom stereocenters. The monoisotopic (exact) mass is 395 g/mol. The molecular formula is C20H17N3O4S. The van der Waals surface area contributed by atoms with Crippen molar-refractivity contribution in [1.29, 1.82) is 0 Å². The number of fused-ring (bicyclic) bond motifs is 1. The van der Waals surface area contributed by atoms with E-state index < -0.39 is 0 Å². The highest BCUT2D eigenvalue weighted by atomic mass is 32.1. The predicted molar refractivity (Wildman–Crippen MR) is 103 cm³/mol. The number of benzene rings is 1. The summed E-state index contributed by atoms with van der Waals surface area (Å²) in [6, 6.07) is 7.56. The summed E-state index contributed by atoms with van der Waals surface area (Å²) in [5.41, 5.74) is 1.83. The molecule has 142 valence electrons. The van der Waals surface area contributed by atoms with Crippen LogP contribution < -0.4 is 9.47 Å². The fourth-order valence-electron chi connectivity index (χ4n) is 3.37. The van der Waals surface area contributed by atoms with E-state index in [-0.39, 0.29) is 18.6 Å². The summed E-state index contributed by atoms with van der Waals surface area (Å²) in [7, 11) is 0. The van der Waals surface area contributed by atoms with E-state index >= 15 is 0 Å². The van der Waals surface area contributed by atoms with Crippen molar-refractivity contribution in [3.05, 3.63) is 52.5 Å². The predicted octanol–water partition coefficient (Wildman–Crippen LogP) is 3.56. The zero-order valence-corrected chi connectivity index (χ0v) is 15.7. The van der Waals surface area contributed by atoms with E-state index in [0.717, 1.165) is 23.3 Å². The summed E-state index contributed by atoms with van der Waals surface area (Å²) < 4.78 is 16.0. The summed E-state index contributed by atoms with van der Waals surface area (Å²) in [4.78, 5) is 18.9.